The fourth-order valence-corrected chi connectivity index (χ4v) is 3.91. The standard InChI is InChI=1S/C18H15ClF4N4O2S/c1-9-17(30(2,28)29)27-16(25-9)14(10-5-6-13(20)12(19)8-10)26-15-11(18(21,22)23)4-3-7-24-15/h3-8,14H,1-2H3,(H,24,26)(H,25,27). The predicted octanol–water partition coefficient (Wildman–Crippen LogP) is 4.53. The molecule has 3 rings (SSSR count). The van der Waals surface area contributed by atoms with Gasteiger partial charge in [-0.3, -0.25) is 0 Å². The molecule has 0 radical (unpaired) electrons. The van der Waals surface area contributed by atoms with Crippen molar-refractivity contribution in [1.29, 1.82) is 0 Å². The summed E-state index contributed by atoms with van der Waals surface area (Å²) in [6.07, 6.45) is -2.57. The highest BCUT2D eigenvalue weighted by molar-refractivity contribution is 7.90. The van der Waals surface area contributed by atoms with E-state index >= 15 is 0 Å². The minimum Gasteiger partial charge on any atom is -0.356 e. The summed E-state index contributed by atoms with van der Waals surface area (Å²) < 4.78 is 77.7. The van der Waals surface area contributed by atoms with Crippen LogP contribution in [0.5, 0.6) is 0 Å². The quantitative estimate of drug-likeness (QED) is 0.544. The maximum Gasteiger partial charge on any atom is 0.419 e. The maximum atomic E-state index is 13.6. The molecule has 0 saturated carbocycles. The molecule has 0 spiro atoms. The second-order valence-electron chi connectivity index (χ2n) is 6.47. The van der Waals surface area contributed by atoms with E-state index in [1.165, 1.54) is 25.3 Å². The number of hydrogen-bond donors (Lipinski definition) is 2. The van der Waals surface area contributed by atoms with Crippen LogP contribution in [-0.2, 0) is 16.0 Å². The first-order valence-corrected chi connectivity index (χ1v) is 10.6. The van der Waals surface area contributed by atoms with Crippen LogP contribution in [0.3, 0.4) is 0 Å². The smallest absolute Gasteiger partial charge is 0.356 e. The molecule has 2 aromatic heterocycles. The number of anilines is 1. The highest BCUT2D eigenvalue weighted by Crippen LogP contribution is 2.36. The van der Waals surface area contributed by atoms with Crippen LogP contribution in [-0.4, -0.2) is 29.6 Å². The van der Waals surface area contributed by atoms with E-state index in [2.05, 4.69) is 20.3 Å². The van der Waals surface area contributed by atoms with Gasteiger partial charge in [-0.2, -0.15) is 13.2 Å². The van der Waals surface area contributed by atoms with Crippen molar-refractivity contribution in [3.8, 4) is 0 Å². The van der Waals surface area contributed by atoms with Crippen LogP contribution in [0.4, 0.5) is 23.4 Å². The van der Waals surface area contributed by atoms with Crippen LogP contribution in [0.1, 0.15) is 28.7 Å². The molecular formula is C18H15ClF4N4O2S. The third kappa shape index (κ3) is 4.57. The Morgan fingerprint density at radius 1 is 1.23 bits per heavy atom. The Morgan fingerprint density at radius 3 is 2.50 bits per heavy atom. The Labute approximate surface area is 174 Å². The van der Waals surface area contributed by atoms with E-state index in [1.807, 2.05) is 0 Å². The monoisotopic (exact) mass is 462 g/mol. The van der Waals surface area contributed by atoms with Gasteiger partial charge in [0.2, 0.25) is 0 Å². The lowest BCUT2D eigenvalue weighted by Gasteiger charge is -2.21. The second-order valence-corrected chi connectivity index (χ2v) is 8.81. The summed E-state index contributed by atoms with van der Waals surface area (Å²) in [5.41, 5.74) is -0.589. The Morgan fingerprint density at radius 2 is 1.93 bits per heavy atom. The van der Waals surface area contributed by atoms with Gasteiger partial charge in [0.25, 0.3) is 0 Å². The molecule has 0 amide bonds. The topological polar surface area (TPSA) is 87.7 Å². The van der Waals surface area contributed by atoms with E-state index in [0.717, 1.165) is 24.5 Å². The van der Waals surface area contributed by atoms with E-state index in [4.69, 9.17) is 11.6 Å². The van der Waals surface area contributed by atoms with E-state index < -0.39 is 39.3 Å². The fraction of sp³-hybridized carbons (Fsp3) is 0.222. The van der Waals surface area contributed by atoms with Gasteiger partial charge in [0.05, 0.1) is 16.3 Å². The first-order valence-electron chi connectivity index (χ1n) is 8.38. The number of hydrogen-bond acceptors (Lipinski definition) is 5. The summed E-state index contributed by atoms with van der Waals surface area (Å²) in [6, 6.07) is 4.40. The molecule has 1 atom stereocenters. The summed E-state index contributed by atoms with van der Waals surface area (Å²) in [7, 11) is -3.70. The number of nitrogens with zero attached hydrogens (tertiary/aromatic N) is 2. The van der Waals surface area contributed by atoms with Crippen molar-refractivity contribution in [1.82, 2.24) is 15.0 Å². The second kappa shape index (κ2) is 7.88. The zero-order valence-corrected chi connectivity index (χ0v) is 17.1. The van der Waals surface area contributed by atoms with Gasteiger partial charge in [-0.1, -0.05) is 17.7 Å². The highest BCUT2D eigenvalue weighted by Gasteiger charge is 2.35. The Bertz CT molecular complexity index is 1200. The Kier molecular flexibility index (Phi) is 5.79. The highest BCUT2D eigenvalue weighted by atomic mass is 35.5. The summed E-state index contributed by atoms with van der Waals surface area (Å²) in [6.45, 7) is 1.46. The molecule has 0 aliphatic heterocycles. The SMILES string of the molecule is Cc1[nH]c(C(Nc2ncccc2C(F)(F)F)c2ccc(F)c(Cl)c2)nc1S(C)(=O)=O. The molecule has 1 unspecified atom stereocenters. The van der Waals surface area contributed by atoms with Crippen molar-refractivity contribution in [2.24, 2.45) is 0 Å². The van der Waals surface area contributed by atoms with E-state index in [1.54, 1.807) is 0 Å². The van der Waals surface area contributed by atoms with E-state index in [0.29, 0.717) is 0 Å². The molecule has 0 aliphatic carbocycles. The van der Waals surface area contributed by atoms with Gasteiger partial charge in [-0.05, 0) is 36.8 Å². The van der Waals surface area contributed by atoms with Crippen LogP contribution in [0, 0.1) is 12.7 Å². The number of rotatable bonds is 5. The van der Waals surface area contributed by atoms with Crippen molar-refractivity contribution in [3.63, 3.8) is 0 Å². The minimum absolute atomic E-state index is 0.00521. The molecule has 12 heteroatoms. The van der Waals surface area contributed by atoms with Crippen LogP contribution in [0.25, 0.3) is 0 Å². The average molecular weight is 463 g/mol. The number of aromatic nitrogens is 3. The predicted molar refractivity (Wildman–Crippen MR) is 103 cm³/mol. The summed E-state index contributed by atoms with van der Waals surface area (Å²) in [4.78, 5) is 10.6. The van der Waals surface area contributed by atoms with Gasteiger partial charge < -0.3 is 10.3 Å². The molecule has 3 aromatic rings. The van der Waals surface area contributed by atoms with Gasteiger partial charge in [-0.15, -0.1) is 0 Å². The number of aryl methyl sites for hydroxylation is 1. The largest absolute Gasteiger partial charge is 0.419 e. The van der Waals surface area contributed by atoms with Crippen molar-refractivity contribution >= 4 is 27.3 Å². The van der Waals surface area contributed by atoms with Gasteiger partial charge >= 0.3 is 6.18 Å². The number of nitrogens with one attached hydrogen (secondary N) is 2. The van der Waals surface area contributed by atoms with Crippen LogP contribution in [0.2, 0.25) is 5.02 Å². The lowest BCUT2D eigenvalue weighted by Crippen LogP contribution is -2.19. The van der Waals surface area contributed by atoms with Crippen LogP contribution in [0.15, 0.2) is 41.6 Å². The molecule has 160 valence electrons. The zero-order valence-electron chi connectivity index (χ0n) is 15.6. The van der Waals surface area contributed by atoms with Crippen molar-refractivity contribution in [2.45, 2.75) is 24.2 Å². The zero-order chi connectivity index (χ0) is 22.3. The molecule has 6 nitrogen and oxygen atoms in total. The molecule has 0 saturated heterocycles. The van der Waals surface area contributed by atoms with Crippen LogP contribution >= 0.6 is 11.6 Å². The Balaban J connectivity index is 2.16. The number of aromatic amines is 1. The molecule has 0 bridgehead atoms. The molecule has 2 heterocycles. The van der Waals surface area contributed by atoms with Crippen molar-refractivity contribution in [2.75, 3.05) is 11.6 Å². The molecule has 2 N–H and O–H groups in total. The van der Waals surface area contributed by atoms with Gasteiger partial charge in [0.1, 0.15) is 23.5 Å². The number of sulfone groups is 1. The minimum atomic E-state index is -4.70. The maximum absolute atomic E-state index is 13.6. The van der Waals surface area contributed by atoms with Gasteiger partial charge in [0, 0.05) is 12.5 Å². The summed E-state index contributed by atoms with van der Waals surface area (Å²) in [5, 5.41) is 2.11. The third-order valence-corrected chi connectivity index (χ3v) is 5.54. The molecule has 30 heavy (non-hydrogen) atoms. The fourth-order valence-electron chi connectivity index (χ4n) is 2.85. The number of alkyl halides is 3. The number of benzene rings is 1. The Hall–Kier alpha value is -2.66. The van der Waals surface area contributed by atoms with Gasteiger partial charge in [-0.25, -0.2) is 22.8 Å². The average Bonchev–Trinajstić information content (AvgIpc) is 3.03. The summed E-state index contributed by atoms with van der Waals surface area (Å²) in [5.74, 6) is -1.24. The lowest BCUT2D eigenvalue weighted by atomic mass is 10.1. The van der Waals surface area contributed by atoms with Crippen molar-refractivity contribution < 1.29 is 26.0 Å². The number of halogens is 5. The van der Waals surface area contributed by atoms with Gasteiger partial charge in [0.15, 0.2) is 14.9 Å². The summed E-state index contributed by atoms with van der Waals surface area (Å²) >= 11 is 5.84. The number of imidazole rings is 1. The normalized spacial score (nSPS) is 13.3. The number of pyridine rings is 1. The van der Waals surface area contributed by atoms with Crippen LogP contribution < -0.4 is 5.32 Å². The molecule has 0 aliphatic rings. The van der Waals surface area contributed by atoms with Crippen molar-refractivity contribution in [3.05, 3.63) is 70.0 Å². The first-order chi connectivity index (χ1) is 13.9. The van der Waals surface area contributed by atoms with E-state index in [9.17, 15) is 26.0 Å². The van der Waals surface area contributed by atoms with E-state index in [-0.39, 0.29) is 27.1 Å². The molecule has 1 aromatic carbocycles. The molecular weight excluding hydrogens is 448 g/mol. The molecule has 0 fully saturated rings. The number of H-pyrrole nitrogens is 1. The third-order valence-electron chi connectivity index (χ3n) is 4.15. The first kappa shape index (κ1) is 22.0. The lowest BCUT2D eigenvalue weighted by molar-refractivity contribution is -0.137.